The topological polar surface area (TPSA) is 110 Å². The highest BCUT2D eigenvalue weighted by Gasteiger charge is 2.34. The minimum atomic E-state index is -0.996. The summed E-state index contributed by atoms with van der Waals surface area (Å²) in [5.41, 5.74) is 1.75. The third-order valence-electron chi connectivity index (χ3n) is 4.92. The van der Waals surface area contributed by atoms with Crippen LogP contribution in [0.15, 0.2) is 60.0 Å². The summed E-state index contributed by atoms with van der Waals surface area (Å²) in [6.07, 6.45) is 8.04. The van der Waals surface area contributed by atoms with Crippen LogP contribution in [0.5, 0.6) is 0 Å². The number of amides is 2. The van der Waals surface area contributed by atoms with E-state index in [1.165, 1.54) is 30.0 Å². The lowest BCUT2D eigenvalue weighted by atomic mass is 10.0. The summed E-state index contributed by atoms with van der Waals surface area (Å²) in [5.74, 6) is -0.494. The van der Waals surface area contributed by atoms with E-state index in [9.17, 15) is 9.59 Å². The highest BCUT2D eigenvalue weighted by atomic mass is 35.5. The summed E-state index contributed by atoms with van der Waals surface area (Å²) in [5, 5.41) is 2.96. The third-order valence-corrected chi connectivity index (χ3v) is 5.15. The molecule has 1 aliphatic rings. The van der Waals surface area contributed by atoms with Crippen molar-refractivity contribution < 1.29 is 18.7 Å². The van der Waals surface area contributed by atoms with Gasteiger partial charge >= 0.3 is 0 Å². The van der Waals surface area contributed by atoms with E-state index >= 15 is 0 Å². The largest absolute Gasteiger partial charge is 0.444 e. The smallest absolute Gasteiger partial charge is 0.248 e. The number of hydrogen-bond donors (Lipinski definition) is 1. The van der Waals surface area contributed by atoms with Gasteiger partial charge in [0.15, 0.2) is 12.2 Å². The molecular formula is C21H20ClN5O4. The normalized spacial score (nSPS) is 16.6. The molecule has 3 aromatic rings. The van der Waals surface area contributed by atoms with Crippen molar-refractivity contribution in [3.05, 3.63) is 61.1 Å². The Morgan fingerprint density at radius 2 is 1.94 bits per heavy atom. The highest BCUT2D eigenvalue weighted by Crippen LogP contribution is 2.30. The average Bonchev–Trinajstić information content (AvgIpc) is 3.52. The van der Waals surface area contributed by atoms with Crippen molar-refractivity contribution in [3.8, 4) is 11.3 Å². The van der Waals surface area contributed by atoms with E-state index in [1.54, 1.807) is 30.5 Å². The van der Waals surface area contributed by atoms with Crippen LogP contribution in [-0.4, -0.2) is 51.9 Å². The summed E-state index contributed by atoms with van der Waals surface area (Å²) in [6.45, 7) is 1.01. The third kappa shape index (κ3) is 4.73. The van der Waals surface area contributed by atoms with Crippen molar-refractivity contribution in [2.75, 3.05) is 24.0 Å². The first-order chi connectivity index (χ1) is 15.2. The number of aromatic nitrogens is 3. The van der Waals surface area contributed by atoms with Gasteiger partial charge < -0.3 is 14.5 Å². The molecule has 2 aromatic heterocycles. The quantitative estimate of drug-likeness (QED) is 0.560. The number of carbonyl (C=O) groups excluding carboxylic acids is 2. The molecule has 9 nitrogen and oxygen atoms in total. The molecule has 0 aliphatic carbocycles. The van der Waals surface area contributed by atoms with Crippen LogP contribution in [0.25, 0.3) is 11.3 Å². The Labute approximate surface area is 183 Å². The lowest BCUT2D eigenvalue weighted by Crippen LogP contribution is -2.47. The predicted octanol–water partition coefficient (Wildman–Crippen LogP) is 2.35. The number of alkyl halides is 1. The van der Waals surface area contributed by atoms with Crippen LogP contribution >= 0.6 is 11.6 Å². The Hall–Kier alpha value is -3.30. The molecule has 0 bridgehead atoms. The van der Waals surface area contributed by atoms with Gasteiger partial charge in [-0.2, -0.15) is 0 Å². The van der Waals surface area contributed by atoms with E-state index in [4.69, 9.17) is 20.8 Å². The average molecular weight is 442 g/mol. The van der Waals surface area contributed by atoms with Crippen LogP contribution in [0.3, 0.4) is 0 Å². The van der Waals surface area contributed by atoms with Crippen LogP contribution in [-0.2, 0) is 14.3 Å². The lowest BCUT2D eigenvalue weighted by Gasteiger charge is -2.31. The molecule has 4 rings (SSSR count). The Kier molecular flexibility index (Phi) is 6.54. The molecule has 3 heterocycles. The maximum absolute atomic E-state index is 13.3. The first-order valence-electron chi connectivity index (χ1n) is 9.67. The van der Waals surface area contributed by atoms with E-state index in [0.717, 1.165) is 5.56 Å². The van der Waals surface area contributed by atoms with Gasteiger partial charge in [0.2, 0.25) is 11.8 Å². The van der Waals surface area contributed by atoms with E-state index in [-0.39, 0.29) is 17.8 Å². The Bertz CT molecular complexity index is 1010. The van der Waals surface area contributed by atoms with Crippen molar-refractivity contribution in [1.29, 1.82) is 0 Å². The fraction of sp³-hybridized carbons (Fsp3) is 0.286. The molecule has 10 heteroatoms. The van der Waals surface area contributed by atoms with Gasteiger partial charge in [0.25, 0.3) is 0 Å². The second kappa shape index (κ2) is 9.67. The first-order valence-corrected chi connectivity index (χ1v) is 10.2. The number of carbonyl (C=O) groups is 2. The molecule has 160 valence electrons. The summed E-state index contributed by atoms with van der Waals surface area (Å²) < 4.78 is 10.7. The summed E-state index contributed by atoms with van der Waals surface area (Å²) in [4.78, 5) is 39.5. The van der Waals surface area contributed by atoms with Gasteiger partial charge in [0, 0.05) is 35.8 Å². The van der Waals surface area contributed by atoms with Crippen molar-refractivity contribution >= 4 is 29.1 Å². The zero-order chi connectivity index (χ0) is 21.6. The number of halogens is 1. The number of benzene rings is 1. The Morgan fingerprint density at radius 3 is 2.55 bits per heavy atom. The number of nitrogens with one attached hydrogen (secondary N) is 1. The van der Waals surface area contributed by atoms with Crippen molar-refractivity contribution in [2.24, 2.45) is 0 Å². The van der Waals surface area contributed by atoms with Gasteiger partial charge in [-0.15, -0.1) is 11.6 Å². The minimum Gasteiger partial charge on any atom is -0.444 e. The second-order valence-corrected chi connectivity index (χ2v) is 7.22. The molecule has 31 heavy (non-hydrogen) atoms. The molecular weight excluding hydrogens is 422 g/mol. The van der Waals surface area contributed by atoms with E-state index < -0.39 is 11.9 Å². The molecule has 1 N–H and O–H groups in total. The van der Waals surface area contributed by atoms with Gasteiger partial charge in [-0.25, -0.2) is 15.0 Å². The number of anilines is 1. The molecule has 0 saturated carbocycles. The molecule has 1 saturated heterocycles. The number of oxazole rings is 1. The van der Waals surface area contributed by atoms with Crippen molar-refractivity contribution in [2.45, 2.75) is 18.5 Å². The summed E-state index contributed by atoms with van der Waals surface area (Å²) >= 11 is 5.92. The summed E-state index contributed by atoms with van der Waals surface area (Å²) in [6, 6.07) is 5.90. The lowest BCUT2D eigenvalue weighted by molar-refractivity contribution is -0.126. The molecule has 0 radical (unpaired) electrons. The van der Waals surface area contributed by atoms with Gasteiger partial charge in [-0.05, 0) is 30.7 Å². The fourth-order valence-corrected chi connectivity index (χ4v) is 3.57. The van der Waals surface area contributed by atoms with Crippen LogP contribution in [0.2, 0.25) is 0 Å². The van der Waals surface area contributed by atoms with E-state index in [0.29, 0.717) is 36.6 Å². The predicted molar refractivity (Wildman–Crippen MR) is 112 cm³/mol. The van der Waals surface area contributed by atoms with Gasteiger partial charge in [0.05, 0.1) is 18.8 Å². The first kappa shape index (κ1) is 21.0. The van der Waals surface area contributed by atoms with Crippen LogP contribution in [0.4, 0.5) is 5.69 Å². The van der Waals surface area contributed by atoms with Gasteiger partial charge in [0.1, 0.15) is 18.2 Å². The highest BCUT2D eigenvalue weighted by molar-refractivity contribution is 6.29. The molecule has 0 unspecified atom stereocenters. The fourth-order valence-electron chi connectivity index (χ4n) is 3.44. The number of rotatable bonds is 7. The minimum absolute atomic E-state index is 0.124. The number of nitrogens with zero attached hydrogens (tertiary/aromatic N) is 4. The maximum atomic E-state index is 13.3. The van der Waals surface area contributed by atoms with Crippen molar-refractivity contribution in [1.82, 2.24) is 20.3 Å². The van der Waals surface area contributed by atoms with Crippen LogP contribution in [0, 0.1) is 0 Å². The van der Waals surface area contributed by atoms with Crippen LogP contribution in [0.1, 0.15) is 18.0 Å². The van der Waals surface area contributed by atoms with Crippen molar-refractivity contribution in [3.63, 3.8) is 0 Å². The molecule has 0 spiro atoms. The zero-order valence-corrected chi connectivity index (χ0v) is 17.2. The zero-order valence-electron chi connectivity index (χ0n) is 16.5. The molecule has 1 aromatic carbocycles. The van der Waals surface area contributed by atoms with Gasteiger partial charge in [-0.3, -0.25) is 14.5 Å². The second-order valence-electron chi connectivity index (χ2n) is 6.95. The van der Waals surface area contributed by atoms with Gasteiger partial charge in [-0.1, -0.05) is 0 Å². The Balaban J connectivity index is 1.70. The molecule has 2 amide bonds. The molecule has 1 aliphatic heterocycles. The van der Waals surface area contributed by atoms with Crippen LogP contribution < -0.4 is 10.2 Å². The van der Waals surface area contributed by atoms with E-state index in [2.05, 4.69) is 20.3 Å². The SMILES string of the molecule is O=C(N[C@H]1CCOC1)[C@H](c1cncnc1)N(C(=O)CCl)c1ccc(-c2cnco2)cc1. The molecule has 2 atom stereocenters. The Morgan fingerprint density at radius 1 is 1.16 bits per heavy atom. The standard InChI is InChI=1S/C21H20ClN5O4/c22-7-19(28)27(17-3-1-14(2-4-17)18-10-25-13-31-18)20(15-8-23-12-24-9-15)21(29)26-16-5-6-30-11-16/h1-4,8-10,12-13,16,20H,5-7,11H2,(H,26,29)/t16-,20-/m0/s1. The van der Waals surface area contributed by atoms with E-state index in [1.807, 2.05) is 0 Å². The monoisotopic (exact) mass is 441 g/mol. The summed E-state index contributed by atoms with van der Waals surface area (Å²) in [7, 11) is 0. The molecule has 1 fully saturated rings. The number of hydrogen-bond acceptors (Lipinski definition) is 7. The number of ether oxygens (including phenoxy) is 1. The maximum Gasteiger partial charge on any atom is 0.248 e.